The van der Waals surface area contributed by atoms with Gasteiger partial charge in [0.25, 0.3) is 0 Å². The molecule has 1 heteroatoms. The number of rotatable bonds is 5. The predicted molar refractivity (Wildman–Crippen MR) is 90.6 cm³/mol. The summed E-state index contributed by atoms with van der Waals surface area (Å²) in [5.41, 5.74) is 7.29. The number of benzene rings is 2. The molecule has 0 bridgehead atoms. The monoisotopic (exact) mass is 279 g/mol. The van der Waals surface area contributed by atoms with Crippen LogP contribution in [0.5, 0.6) is 0 Å². The molecule has 1 aliphatic rings. The van der Waals surface area contributed by atoms with E-state index in [4.69, 9.17) is 0 Å². The molecule has 0 spiro atoms. The average Bonchev–Trinajstić information content (AvgIpc) is 2.92. The van der Waals surface area contributed by atoms with Crippen molar-refractivity contribution >= 4 is 0 Å². The molecule has 21 heavy (non-hydrogen) atoms. The van der Waals surface area contributed by atoms with Crippen LogP contribution in [-0.4, -0.2) is 6.54 Å². The minimum absolute atomic E-state index is 0.546. The first-order valence-corrected chi connectivity index (χ1v) is 8.28. The number of nitrogens with one attached hydrogen (secondary N) is 1. The SMILES string of the molecule is CCCc1ccc(-c2cccc3c2CCC3NCC)cc1. The summed E-state index contributed by atoms with van der Waals surface area (Å²) in [5.74, 6) is 0. The number of hydrogen-bond donors (Lipinski definition) is 1. The van der Waals surface area contributed by atoms with Crippen molar-refractivity contribution in [1.29, 1.82) is 0 Å². The third-order valence-corrected chi connectivity index (χ3v) is 4.52. The van der Waals surface area contributed by atoms with E-state index in [2.05, 4.69) is 61.6 Å². The molecule has 0 aromatic heterocycles. The molecule has 110 valence electrons. The van der Waals surface area contributed by atoms with E-state index in [1.165, 1.54) is 47.9 Å². The molecule has 2 aromatic carbocycles. The van der Waals surface area contributed by atoms with Crippen LogP contribution in [-0.2, 0) is 12.8 Å². The fraction of sp³-hybridized carbons (Fsp3) is 0.400. The van der Waals surface area contributed by atoms with E-state index < -0.39 is 0 Å². The molecule has 0 saturated carbocycles. The van der Waals surface area contributed by atoms with Crippen molar-refractivity contribution in [2.24, 2.45) is 0 Å². The third kappa shape index (κ3) is 2.89. The van der Waals surface area contributed by atoms with Gasteiger partial charge in [0.15, 0.2) is 0 Å². The van der Waals surface area contributed by atoms with Gasteiger partial charge in [0.1, 0.15) is 0 Å². The van der Waals surface area contributed by atoms with Crippen LogP contribution in [0, 0.1) is 0 Å². The Bertz CT molecular complexity index is 598. The zero-order valence-corrected chi connectivity index (χ0v) is 13.2. The molecule has 1 unspecified atom stereocenters. The second kappa shape index (κ2) is 6.44. The molecule has 0 aliphatic heterocycles. The minimum Gasteiger partial charge on any atom is -0.310 e. The highest BCUT2D eigenvalue weighted by Crippen LogP contribution is 2.37. The molecular formula is C20H25N. The maximum atomic E-state index is 3.61. The largest absolute Gasteiger partial charge is 0.310 e. The first-order valence-electron chi connectivity index (χ1n) is 8.28. The van der Waals surface area contributed by atoms with Gasteiger partial charge in [0.05, 0.1) is 0 Å². The molecule has 0 radical (unpaired) electrons. The highest BCUT2D eigenvalue weighted by Gasteiger charge is 2.23. The fourth-order valence-corrected chi connectivity index (χ4v) is 3.52. The van der Waals surface area contributed by atoms with Crippen LogP contribution in [0.3, 0.4) is 0 Å². The zero-order valence-electron chi connectivity index (χ0n) is 13.2. The van der Waals surface area contributed by atoms with Gasteiger partial charge in [0.2, 0.25) is 0 Å². The molecule has 3 rings (SSSR count). The lowest BCUT2D eigenvalue weighted by atomic mass is 9.95. The van der Waals surface area contributed by atoms with Crippen molar-refractivity contribution in [2.75, 3.05) is 6.54 Å². The van der Waals surface area contributed by atoms with E-state index in [0.717, 1.165) is 6.54 Å². The van der Waals surface area contributed by atoms with Gasteiger partial charge in [-0.1, -0.05) is 62.7 Å². The molecule has 0 heterocycles. The first kappa shape index (κ1) is 14.3. The summed E-state index contributed by atoms with van der Waals surface area (Å²) in [6, 6.07) is 16.5. The van der Waals surface area contributed by atoms with Crippen molar-refractivity contribution in [1.82, 2.24) is 5.32 Å². The number of hydrogen-bond acceptors (Lipinski definition) is 1. The van der Waals surface area contributed by atoms with Gasteiger partial charge in [-0.3, -0.25) is 0 Å². The average molecular weight is 279 g/mol. The van der Waals surface area contributed by atoms with Crippen molar-refractivity contribution in [3.8, 4) is 11.1 Å². The van der Waals surface area contributed by atoms with Crippen LogP contribution in [0.1, 0.15) is 49.4 Å². The summed E-state index contributed by atoms with van der Waals surface area (Å²) in [6.45, 7) is 5.47. The van der Waals surface area contributed by atoms with Crippen molar-refractivity contribution in [3.05, 3.63) is 59.2 Å². The topological polar surface area (TPSA) is 12.0 Å². The normalized spacial score (nSPS) is 17.0. The summed E-state index contributed by atoms with van der Waals surface area (Å²) in [7, 11) is 0. The lowest BCUT2D eigenvalue weighted by molar-refractivity contribution is 0.549. The number of fused-ring (bicyclic) bond motifs is 1. The maximum absolute atomic E-state index is 3.61. The molecule has 2 aromatic rings. The van der Waals surface area contributed by atoms with Gasteiger partial charge in [-0.2, -0.15) is 0 Å². The Kier molecular flexibility index (Phi) is 4.40. The molecular weight excluding hydrogens is 254 g/mol. The summed E-state index contributed by atoms with van der Waals surface area (Å²) in [6.07, 6.45) is 4.81. The second-order valence-corrected chi connectivity index (χ2v) is 5.97. The highest BCUT2D eigenvalue weighted by molar-refractivity contribution is 5.70. The smallest absolute Gasteiger partial charge is 0.0326 e. The highest BCUT2D eigenvalue weighted by atomic mass is 14.9. The first-order chi connectivity index (χ1) is 10.3. The molecule has 1 atom stereocenters. The number of aryl methyl sites for hydroxylation is 1. The standard InChI is InChI=1S/C20H25N/c1-3-6-15-9-11-16(12-10-15)17-7-5-8-19-18(17)13-14-20(19)21-4-2/h5,7-12,20-21H,3-4,6,13-14H2,1-2H3. The van der Waals surface area contributed by atoms with E-state index in [9.17, 15) is 0 Å². The zero-order chi connectivity index (χ0) is 14.7. The second-order valence-electron chi connectivity index (χ2n) is 5.97. The Labute approximate surface area is 128 Å². The van der Waals surface area contributed by atoms with Crippen molar-refractivity contribution in [3.63, 3.8) is 0 Å². The Morgan fingerprint density at radius 3 is 2.57 bits per heavy atom. The Hall–Kier alpha value is -1.60. The van der Waals surface area contributed by atoms with Crippen LogP contribution in [0.4, 0.5) is 0 Å². The maximum Gasteiger partial charge on any atom is 0.0326 e. The van der Waals surface area contributed by atoms with Crippen LogP contribution in [0.2, 0.25) is 0 Å². The molecule has 1 N–H and O–H groups in total. The minimum atomic E-state index is 0.546. The van der Waals surface area contributed by atoms with Gasteiger partial charge in [-0.15, -0.1) is 0 Å². The Morgan fingerprint density at radius 1 is 1.05 bits per heavy atom. The molecule has 0 saturated heterocycles. The molecule has 0 amide bonds. The van der Waals surface area contributed by atoms with Crippen LogP contribution < -0.4 is 5.32 Å². The van der Waals surface area contributed by atoms with Crippen LogP contribution in [0.25, 0.3) is 11.1 Å². The molecule has 1 nitrogen and oxygen atoms in total. The van der Waals surface area contributed by atoms with E-state index in [-0.39, 0.29) is 0 Å². The van der Waals surface area contributed by atoms with Crippen molar-refractivity contribution in [2.45, 2.75) is 45.6 Å². The molecule has 1 aliphatic carbocycles. The van der Waals surface area contributed by atoms with Gasteiger partial charge >= 0.3 is 0 Å². The summed E-state index contributed by atoms with van der Waals surface area (Å²) >= 11 is 0. The summed E-state index contributed by atoms with van der Waals surface area (Å²) in [4.78, 5) is 0. The van der Waals surface area contributed by atoms with E-state index in [0.29, 0.717) is 6.04 Å². The molecule has 0 fully saturated rings. The van der Waals surface area contributed by atoms with Crippen LogP contribution in [0.15, 0.2) is 42.5 Å². The Balaban J connectivity index is 1.93. The van der Waals surface area contributed by atoms with Gasteiger partial charge in [-0.05, 0) is 53.6 Å². The van der Waals surface area contributed by atoms with E-state index >= 15 is 0 Å². The quantitative estimate of drug-likeness (QED) is 0.820. The van der Waals surface area contributed by atoms with E-state index in [1.807, 2.05) is 0 Å². The van der Waals surface area contributed by atoms with Gasteiger partial charge in [0, 0.05) is 6.04 Å². The predicted octanol–water partition coefficient (Wildman–Crippen LogP) is 4.90. The van der Waals surface area contributed by atoms with E-state index in [1.54, 1.807) is 5.56 Å². The van der Waals surface area contributed by atoms with Gasteiger partial charge < -0.3 is 5.32 Å². The lowest BCUT2D eigenvalue weighted by Crippen LogP contribution is -2.18. The summed E-state index contributed by atoms with van der Waals surface area (Å²) < 4.78 is 0. The van der Waals surface area contributed by atoms with Crippen molar-refractivity contribution < 1.29 is 0 Å². The Morgan fingerprint density at radius 2 is 1.86 bits per heavy atom. The fourth-order valence-electron chi connectivity index (χ4n) is 3.52. The third-order valence-electron chi connectivity index (χ3n) is 4.52. The van der Waals surface area contributed by atoms with Crippen LogP contribution >= 0.6 is 0 Å². The lowest BCUT2D eigenvalue weighted by Gasteiger charge is -2.14. The van der Waals surface area contributed by atoms with Gasteiger partial charge in [-0.25, -0.2) is 0 Å². The summed E-state index contributed by atoms with van der Waals surface area (Å²) in [5, 5.41) is 3.61.